The molecule has 0 spiro atoms. The summed E-state index contributed by atoms with van der Waals surface area (Å²) in [6, 6.07) is 10.4. The molecule has 2 aromatic rings. The maximum absolute atomic E-state index is 12.6. The summed E-state index contributed by atoms with van der Waals surface area (Å²) in [5.41, 5.74) is 1.78. The lowest BCUT2D eigenvalue weighted by molar-refractivity contribution is -0.151. The summed E-state index contributed by atoms with van der Waals surface area (Å²) in [6.07, 6.45) is 5.85. The lowest BCUT2D eigenvalue weighted by Crippen LogP contribution is -2.48. The van der Waals surface area contributed by atoms with Crippen LogP contribution in [0.4, 0.5) is 0 Å². The van der Waals surface area contributed by atoms with E-state index in [1.807, 2.05) is 36.4 Å². The van der Waals surface area contributed by atoms with Gasteiger partial charge in [0.25, 0.3) is 0 Å². The van der Waals surface area contributed by atoms with Crippen molar-refractivity contribution in [2.75, 3.05) is 6.54 Å². The summed E-state index contributed by atoms with van der Waals surface area (Å²) in [7, 11) is 0. The van der Waals surface area contributed by atoms with Gasteiger partial charge in [-0.15, -0.1) is 0 Å². The topological polar surface area (TPSA) is 79.7 Å². The van der Waals surface area contributed by atoms with E-state index < -0.39 is 12.0 Å². The van der Waals surface area contributed by atoms with Gasteiger partial charge in [-0.1, -0.05) is 18.2 Å². The number of carboxylic acids is 1. The molecule has 6 heteroatoms. The number of ether oxygens (including phenoxy) is 1. The second-order valence-corrected chi connectivity index (χ2v) is 6.41. The molecule has 0 saturated carbocycles. The van der Waals surface area contributed by atoms with Gasteiger partial charge in [0.1, 0.15) is 18.4 Å². The molecular formula is C20H22N2O4. The largest absolute Gasteiger partial charge is 0.489 e. The van der Waals surface area contributed by atoms with Crippen molar-refractivity contribution >= 4 is 11.9 Å². The number of hydrogen-bond acceptors (Lipinski definition) is 4. The molecule has 26 heavy (non-hydrogen) atoms. The van der Waals surface area contributed by atoms with E-state index in [-0.39, 0.29) is 12.3 Å². The Balaban J connectivity index is 1.62. The van der Waals surface area contributed by atoms with Crippen LogP contribution in [-0.4, -0.2) is 39.5 Å². The third kappa shape index (κ3) is 4.59. The minimum atomic E-state index is -0.924. The van der Waals surface area contributed by atoms with E-state index in [0.29, 0.717) is 25.3 Å². The molecule has 0 radical (unpaired) electrons. The fourth-order valence-corrected chi connectivity index (χ4v) is 3.16. The van der Waals surface area contributed by atoms with Gasteiger partial charge in [-0.05, 0) is 43.0 Å². The van der Waals surface area contributed by atoms with Crippen LogP contribution < -0.4 is 4.74 Å². The Morgan fingerprint density at radius 1 is 1.19 bits per heavy atom. The zero-order chi connectivity index (χ0) is 18.4. The zero-order valence-electron chi connectivity index (χ0n) is 14.5. The Morgan fingerprint density at radius 3 is 2.81 bits per heavy atom. The molecule has 1 aliphatic rings. The van der Waals surface area contributed by atoms with Crippen LogP contribution >= 0.6 is 0 Å². The molecule has 1 aromatic carbocycles. The van der Waals surface area contributed by atoms with Crippen molar-refractivity contribution in [3.05, 3.63) is 59.9 Å². The van der Waals surface area contributed by atoms with Crippen LogP contribution in [0.5, 0.6) is 5.75 Å². The highest BCUT2D eigenvalue weighted by molar-refractivity contribution is 5.85. The number of piperidine rings is 1. The van der Waals surface area contributed by atoms with E-state index in [1.165, 1.54) is 4.90 Å². The summed E-state index contributed by atoms with van der Waals surface area (Å²) in [5.74, 6) is -0.402. The number of hydrogen-bond donors (Lipinski definition) is 1. The van der Waals surface area contributed by atoms with E-state index in [4.69, 9.17) is 4.74 Å². The number of aromatic nitrogens is 1. The van der Waals surface area contributed by atoms with Gasteiger partial charge >= 0.3 is 5.97 Å². The molecule has 1 N–H and O–H groups in total. The van der Waals surface area contributed by atoms with Gasteiger partial charge in [0, 0.05) is 24.5 Å². The minimum absolute atomic E-state index is 0.151. The lowest BCUT2D eigenvalue weighted by atomic mass is 10.0. The number of amides is 1. The van der Waals surface area contributed by atoms with E-state index in [2.05, 4.69) is 4.98 Å². The molecule has 1 saturated heterocycles. The van der Waals surface area contributed by atoms with Crippen molar-refractivity contribution in [3.63, 3.8) is 0 Å². The molecule has 0 aliphatic carbocycles. The molecule has 6 nitrogen and oxygen atoms in total. The van der Waals surface area contributed by atoms with Gasteiger partial charge < -0.3 is 14.7 Å². The second kappa shape index (κ2) is 8.47. The standard InChI is InChI=1S/C20H22N2O4/c23-19(22-10-2-1-8-18(22)20(24)25)12-15-5-3-7-17(11-15)26-14-16-6-4-9-21-13-16/h3-7,9,11,13,18H,1-2,8,10,12,14H2,(H,24,25)/t18-/m1/s1. The van der Waals surface area contributed by atoms with Crippen molar-refractivity contribution in [1.29, 1.82) is 0 Å². The molecule has 1 aromatic heterocycles. The first kappa shape index (κ1) is 17.9. The number of likely N-dealkylation sites (tertiary alicyclic amines) is 1. The SMILES string of the molecule is O=C(O)[C@H]1CCCCN1C(=O)Cc1cccc(OCc2cccnc2)c1. The maximum Gasteiger partial charge on any atom is 0.326 e. The van der Waals surface area contributed by atoms with Gasteiger partial charge in [-0.3, -0.25) is 9.78 Å². The number of pyridine rings is 1. The van der Waals surface area contributed by atoms with E-state index in [1.54, 1.807) is 12.4 Å². The Morgan fingerprint density at radius 2 is 2.04 bits per heavy atom. The van der Waals surface area contributed by atoms with Crippen LogP contribution in [0.25, 0.3) is 0 Å². The Bertz CT molecular complexity index is 763. The van der Waals surface area contributed by atoms with Crippen molar-refractivity contribution in [3.8, 4) is 5.75 Å². The smallest absolute Gasteiger partial charge is 0.326 e. The molecule has 1 amide bonds. The van der Waals surface area contributed by atoms with Crippen molar-refractivity contribution in [1.82, 2.24) is 9.88 Å². The molecule has 0 unspecified atom stereocenters. The third-order valence-electron chi connectivity index (χ3n) is 4.49. The zero-order valence-corrected chi connectivity index (χ0v) is 14.5. The Labute approximate surface area is 152 Å². The van der Waals surface area contributed by atoms with E-state index in [9.17, 15) is 14.7 Å². The fraction of sp³-hybridized carbons (Fsp3) is 0.350. The number of carboxylic acid groups (broad SMARTS) is 1. The monoisotopic (exact) mass is 354 g/mol. The maximum atomic E-state index is 12.6. The lowest BCUT2D eigenvalue weighted by Gasteiger charge is -2.33. The molecule has 136 valence electrons. The van der Waals surface area contributed by atoms with E-state index >= 15 is 0 Å². The minimum Gasteiger partial charge on any atom is -0.489 e. The van der Waals surface area contributed by atoms with E-state index in [0.717, 1.165) is 24.0 Å². The first-order valence-corrected chi connectivity index (χ1v) is 8.76. The normalized spacial score (nSPS) is 16.9. The predicted octanol–water partition coefficient (Wildman–Crippen LogP) is 2.67. The summed E-state index contributed by atoms with van der Waals surface area (Å²) >= 11 is 0. The summed E-state index contributed by atoms with van der Waals surface area (Å²) < 4.78 is 5.76. The first-order chi connectivity index (χ1) is 12.6. The van der Waals surface area contributed by atoms with Gasteiger partial charge in [0.15, 0.2) is 0 Å². The average Bonchev–Trinajstić information content (AvgIpc) is 2.67. The Kier molecular flexibility index (Phi) is 5.84. The first-order valence-electron chi connectivity index (χ1n) is 8.76. The predicted molar refractivity (Wildman–Crippen MR) is 95.7 cm³/mol. The van der Waals surface area contributed by atoms with Crippen molar-refractivity contribution in [2.24, 2.45) is 0 Å². The molecular weight excluding hydrogens is 332 g/mol. The number of benzene rings is 1. The van der Waals surface area contributed by atoms with Crippen LogP contribution in [0.15, 0.2) is 48.8 Å². The van der Waals surface area contributed by atoms with Crippen LogP contribution in [-0.2, 0) is 22.6 Å². The number of carbonyl (C=O) groups excluding carboxylic acids is 1. The van der Waals surface area contributed by atoms with Gasteiger partial charge in [-0.25, -0.2) is 4.79 Å². The molecule has 3 rings (SSSR count). The quantitative estimate of drug-likeness (QED) is 0.863. The van der Waals surface area contributed by atoms with Crippen molar-refractivity contribution in [2.45, 2.75) is 38.3 Å². The summed E-state index contributed by atoms with van der Waals surface area (Å²) in [4.78, 5) is 29.5. The van der Waals surface area contributed by atoms with Gasteiger partial charge in [-0.2, -0.15) is 0 Å². The highest BCUT2D eigenvalue weighted by Crippen LogP contribution is 2.20. The number of aliphatic carboxylic acids is 1. The van der Waals surface area contributed by atoms with Crippen LogP contribution in [0.3, 0.4) is 0 Å². The molecule has 2 heterocycles. The number of carbonyl (C=O) groups is 2. The van der Waals surface area contributed by atoms with Gasteiger partial charge in [0.2, 0.25) is 5.91 Å². The molecule has 1 atom stereocenters. The third-order valence-corrected chi connectivity index (χ3v) is 4.49. The fourth-order valence-electron chi connectivity index (χ4n) is 3.16. The summed E-state index contributed by atoms with van der Waals surface area (Å²) in [5, 5.41) is 9.33. The molecule has 1 fully saturated rings. The van der Waals surface area contributed by atoms with Crippen LogP contribution in [0, 0.1) is 0 Å². The average molecular weight is 354 g/mol. The molecule has 0 bridgehead atoms. The van der Waals surface area contributed by atoms with Crippen LogP contribution in [0.1, 0.15) is 30.4 Å². The Hall–Kier alpha value is -2.89. The second-order valence-electron chi connectivity index (χ2n) is 6.41. The summed E-state index contributed by atoms with van der Waals surface area (Å²) in [6.45, 7) is 0.908. The number of nitrogens with zero attached hydrogens (tertiary/aromatic N) is 2. The van der Waals surface area contributed by atoms with Crippen molar-refractivity contribution < 1.29 is 19.4 Å². The highest BCUT2D eigenvalue weighted by Gasteiger charge is 2.31. The van der Waals surface area contributed by atoms with Gasteiger partial charge in [0.05, 0.1) is 6.42 Å². The van der Waals surface area contributed by atoms with Crippen LogP contribution in [0.2, 0.25) is 0 Å². The number of rotatable bonds is 6. The molecule has 1 aliphatic heterocycles. The highest BCUT2D eigenvalue weighted by atomic mass is 16.5.